The minimum absolute atomic E-state index is 0.00656. The number of carbonyl (C=O) groups is 2. The lowest BCUT2D eigenvalue weighted by atomic mass is 10.2. The Morgan fingerprint density at radius 2 is 1.90 bits per heavy atom. The van der Waals surface area contributed by atoms with Crippen LogP contribution >= 0.6 is 11.8 Å². The molecule has 6 heteroatoms. The third kappa shape index (κ3) is 4.14. The summed E-state index contributed by atoms with van der Waals surface area (Å²) in [6, 6.07) is 8.12. The van der Waals surface area contributed by atoms with E-state index in [-0.39, 0.29) is 17.7 Å². The van der Waals surface area contributed by atoms with E-state index >= 15 is 0 Å². The predicted octanol–water partition coefficient (Wildman–Crippen LogP) is 1.88. The van der Waals surface area contributed by atoms with Crippen molar-refractivity contribution in [3.8, 4) is 0 Å². The molecule has 0 atom stereocenters. The van der Waals surface area contributed by atoms with Crippen LogP contribution in [0.4, 0.5) is 10.5 Å². The largest absolute Gasteiger partial charge is 0.378 e. The van der Waals surface area contributed by atoms with Gasteiger partial charge in [-0.1, -0.05) is 23.9 Å². The van der Waals surface area contributed by atoms with Crippen molar-refractivity contribution in [2.45, 2.75) is 6.54 Å². The molecule has 0 aromatic heterocycles. The number of thioether (sulfide) groups is 1. The Hall–Kier alpha value is -1.69. The van der Waals surface area contributed by atoms with Gasteiger partial charge in [0.2, 0.25) is 5.91 Å². The van der Waals surface area contributed by atoms with E-state index < -0.39 is 0 Å². The van der Waals surface area contributed by atoms with Gasteiger partial charge >= 0.3 is 0 Å². The normalized spacial score (nSPS) is 14.4. The summed E-state index contributed by atoms with van der Waals surface area (Å²) < 4.78 is 0. The first-order chi connectivity index (χ1) is 9.97. The first-order valence-electron chi connectivity index (χ1n) is 6.89. The van der Waals surface area contributed by atoms with E-state index in [4.69, 9.17) is 0 Å². The summed E-state index contributed by atoms with van der Waals surface area (Å²) >= 11 is 1.28. The fraction of sp³-hybridized carbons (Fsp3) is 0.467. The van der Waals surface area contributed by atoms with Crippen molar-refractivity contribution in [3.05, 3.63) is 29.8 Å². The zero-order valence-electron chi connectivity index (χ0n) is 12.7. The molecule has 0 bridgehead atoms. The van der Waals surface area contributed by atoms with E-state index in [1.54, 1.807) is 16.8 Å². The van der Waals surface area contributed by atoms with Crippen molar-refractivity contribution < 1.29 is 9.59 Å². The molecule has 2 rings (SSSR count). The molecule has 1 heterocycles. The quantitative estimate of drug-likeness (QED) is 0.833. The number of amides is 2. The Bertz CT molecular complexity index is 516. The summed E-state index contributed by atoms with van der Waals surface area (Å²) in [6.45, 7) is 1.40. The smallest absolute Gasteiger partial charge is 0.282 e. The second kappa shape index (κ2) is 6.85. The van der Waals surface area contributed by atoms with Crippen LogP contribution in [0.2, 0.25) is 0 Å². The molecule has 0 aliphatic carbocycles. The van der Waals surface area contributed by atoms with Crippen LogP contribution in [0.15, 0.2) is 24.3 Å². The van der Waals surface area contributed by atoms with Crippen LogP contribution in [0.3, 0.4) is 0 Å². The summed E-state index contributed by atoms with van der Waals surface area (Å²) in [6.07, 6.45) is 0. The third-order valence-electron chi connectivity index (χ3n) is 3.47. The Kier molecular flexibility index (Phi) is 5.12. The van der Waals surface area contributed by atoms with Gasteiger partial charge in [0, 0.05) is 45.7 Å². The molecule has 0 unspecified atom stereocenters. The van der Waals surface area contributed by atoms with Gasteiger partial charge in [-0.05, 0) is 17.7 Å². The standard InChI is InChI=1S/C15H21N3O2S/c1-16(2)13-6-4-12(5-7-13)10-17(3)14(19)11-18-8-9-21-15(18)20/h4-7H,8-11H2,1-3H3. The molecule has 1 aromatic carbocycles. The SMILES string of the molecule is CN(Cc1ccc(N(C)C)cc1)C(=O)CN1CCSC1=O. The van der Waals surface area contributed by atoms with E-state index in [1.807, 2.05) is 43.3 Å². The highest BCUT2D eigenvalue weighted by atomic mass is 32.2. The van der Waals surface area contributed by atoms with Crippen molar-refractivity contribution in [2.75, 3.05) is 44.9 Å². The van der Waals surface area contributed by atoms with Gasteiger partial charge in [0.05, 0.1) is 0 Å². The fourth-order valence-corrected chi connectivity index (χ4v) is 2.94. The van der Waals surface area contributed by atoms with E-state index in [0.717, 1.165) is 17.0 Å². The Morgan fingerprint density at radius 1 is 1.24 bits per heavy atom. The molecule has 0 N–H and O–H groups in total. The van der Waals surface area contributed by atoms with Gasteiger partial charge in [-0.2, -0.15) is 0 Å². The number of likely N-dealkylation sites (N-methyl/N-ethyl adjacent to an activating group) is 1. The van der Waals surface area contributed by atoms with Crippen LogP contribution in [0.5, 0.6) is 0 Å². The topological polar surface area (TPSA) is 43.9 Å². The molecule has 5 nitrogen and oxygen atoms in total. The molecule has 2 amide bonds. The van der Waals surface area contributed by atoms with Crippen molar-refractivity contribution in [3.63, 3.8) is 0 Å². The summed E-state index contributed by atoms with van der Waals surface area (Å²) in [5.74, 6) is 0.754. The molecular weight excluding hydrogens is 286 g/mol. The van der Waals surface area contributed by atoms with Gasteiger partial charge in [-0.3, -0.25) is 9.59 Å². The zero-order valence-corrected chi connectivity index (χ0v) is 13.5. The molecule has 1 saturated heterocycles. The van der Waals surface area contributed by atoms with Gasteiger partial charge in [0.25, 0.3) is 5.24 Å². The van der Waals surface area contributed by atoms with E-state index in [9.17, 15) is 9.59 Å². The molecular formula is C15H21N3O2S. The van der Waals surface area contributed by atoms with Crippen LogP contribution < -0.4 is 4.90 Å². The molecule has 0 radical (unpaired) electrons. The Morgan fingerprint density at radius 3 is 2.43 bits per heavy atom. The van der Waals surface area contributed by atoms with Gasteiger partial charge in [0.15, 0.2) is 0 Å². The Labute approximate surface area is 129 Å². The lowest BCUT2D eigenvalue weighted by molar-refractivity contribution is -0.130. The Balaban J connectivity index is 1.89. The summed E-state index contributed by atoms with van der Waals surface area (Å²) in [5.41, 5.74) is 2.21. The fourth-order valence-electron chi connectivity index (χ4n) is 2.11. The van der Waals surface area contributed by atoms with Crippen LogP contribution in [0.1, 0.15) is 5.56 Å². The molecule has 0 saturated carbocycles. The predicted molar refractivity (Wildman–Crippen MR) is 86.7 cm³/mol. The highest BCUT2D eigenvalue weighted by molar-refractivity contribution is 8.13. The third-order valence-corrected chi connectivity index (χ3v) is 4.36. The second-order valence-electron chi connectivity index (χ2n) is 5.35. The highest BCUT2D eigenvalue weighted by Crippen LogP contribution is 2.17. The van der Waals surface area contributed by atoms with Crippen LogP contribution in [0.25, 0.3) is 0 Å². The number of nitrogens with zero attached hydrogens (tertiary/aromatic N) is 3. The lowest BCUT2D eigenvalue weighted by Crippen LogP contribution is -2.38. The average Bonchev–Trinajstić information content (AvgIpc) is 2.84. The minimum atomic E-state index is -0.0254. The van der Waals surface area contributed by atoms with Crippen molar-refractivity contribution in [1.29, 1.82) is 0 Å². The van der Waals surface area contributed by atoms with Crippen molar-refractivity contribution in [1.82, 2.24) is 9.80 Å². The van der Waals surface area contributed by atoms with Gasteiger partial charge < -0.3 is 14.7 Å². The average molecular weight is 307 g/mol. The number of carbonyl (C=O) groups excluding carboxylic acids is 2. The molecule has 1 fully saturated rings. The van der Waals surface area contributed by atoms with E-state index in [1.165, 1.54) is 11.8 Å². The molecule has 114 valence electrons. The number of rotatable bonds is 5. The minimum Gasteiger partial charge on any atom is -0.378 e. The maximum absolute atomic E-state index is 12.1. The van der Waals surface area contributed by atoms with Gasteiger partial charge in [-0.25, -0.2) is 0 Å². The summed E-state index contributed by atoms with van der Waals surface area (Å²) in [7, 11) is 5.77. The molecule has 1 aliphatic rings. The molecule has 21 heavy (non-hydrogen) atoms. The zero-order chi connectivity index (χ0) is 15.4. The second-order valence-corrected chi connectivity index (χ2v) is 6.39. The lowest BCUT2D eigenvalue weighted by Gasteiger charge is -2.21. The number of hydrogen-bond acceptors (Lipinski definition) is 4. The van der Waals surface area contributed by atoms with Crippen LogP contribution in [-0.4, -0.2) is 60.9 Å². The maximum atomic E-state index is 12.1. The van der Waals surface area contributed by atoms with Crippen LogP contribution in [0, 0.1) is 0 Å². The molecule has 1 aliphatic heterocycles. The number of anilines is 1. The van der Waals surface area contributed by atoms with E-state index in [2.05, 4.69) is 0 Å². The number of benzene rings is 1. The maximum Gasteiger partial charge on any atom is 0.282 e. The first-order valence-corrected chi connectivity index (χ1v) is 7.88. The first kappa shape index (κ1) is 15.7. The highest BCUT2D eigenvalue weighted by Gasteiger charge is 2.24. The van der Waals surface area contributed by atoms with Gasteiger partial charge in [0.1, 0.15) is 6.54 Å². The molecule has 1 aromatic rings. The van der Waals surface area contributed by atoms with Crippen molar-refractivity contribution in [2.24, 2.45) is 0 Å². The summed E-state index contributed by atoms with van der Waals surface area (Å²) in [4.78, 5) is 29.0. The van der Waals surface area contributed by atoms with E-state index in [0.29, 0.717) is 13.1 Å². The number of hydrogen-bond donors (Lipinski definition) is 0. The van der Waals surface area contributed by atoms with Crippen LogP contribution in [-0.2, 0) is 11.3 Å². The molecule has 0 spiro atoms. The summed E-state index contributed by atoms with van der Waals surface area (Å²) in [5, 5.41) is 0.00656. The monoisotopic (exact) mass is 307 g/mol. The van der Waals surface area contributed by atoms with Gasteiger partial charge in [-0.15, -0.1) is 0 Å². The van der Waals surface area contributed by atoms with Crippen molar-refractivity contribution >= 4 is 28.6 Å².